The van der Waals surface area contributed by atoms with E-state index in [4.69, 9.17) is 9.47 Å². The Kier molecular flexibility index (Phi) is 3.92. The van der Waals surface area contributed by atoms with Gasteiger partial charge in [0.2, 0.25) is 5.91 Å². The van der Waals surface area contributed by atoms with Gasteiger partial charge in [-0.2, -0.15) is 0 Å². The van der Waals surface area contributed by atoms with Crippen LogP contribution in [0.4, 0.5) is 0 Å². The van der Waals surface area contributed by atoms with Crippen molar-refractivity contribution in [2.24, 2.45) is 0 Å². The SMILES string of the molecule is C=C(C)C(=O)NCOCC1CCO1. The van der Waals surface area contributed by atoms with Crippen LogP contribution >= 0.6 is 0 Å². The van der Waals surface area contributed by atoms with Gasteiger partial charge in [0.1, 0.15) is 6.73 Å². The minimum absolute atomic E-state index is 0.172. The Balaban J connectivity index is 1.94. The van der Waals surface area contributed by atoms with Crippen molar-refractivity contribution >= 4 is 5.91 Å². The fourth-order valence-corrected chi connectivity index (χ4v) is 0.874. The Morgan fingerprint density at radius 3 is 2.92 bits per heavy atom. The number of nitrogens with one attached hydrogen (secondary N) is 1. The molecule has 1 aliphatic heterocycles. The molecule has 0 aromatic heterocycles. The second kappa shape index (κ2) is 4.99. The molecule has 0 spiro atoms. The maximum absolute atomic E-state index is 10.9. The van der Waals surface area contributed by atoms with Gasteiger partial charge < -0.3 is 14.8 Å². The number of carbonyl (C=O) groups is 1. The van der Waals surface area contributed by atoms with E-state index in [0.717, 1.165) is 13.0 Å². The molecule has 1 amide bonds. The molecule has 4 heteroatoms. The highest BCUT2D eigenvalue weighted by Gasteiger charge is 2.17. The van der Waals surface area contributed by atoms with Crippen molar-refractivity contribution < 1.29 is 14.3 Å². The van der Waals surface area contributed by atoms with Crippen molar-refractivity contribution in [3.05, 3.63) is 12.2 Å². The van der Waals surface area contributed by atoms with Gasteiger partial charge in [-0.3, -0.25) is 4.79 Å². The Morgan fingerprint density at radius 2 is 2.46 bits per heavy atom. The molecular weight excluding hydrogens is 170 g/mol. The van der Waals surface area contributed by atoms with E-state index in [1.807, 2.05) is 0 Å². The molecule has 1 atom stereocenters. The van der Waals surface area contributed by atoms with Gasteiger partial charge in [-0.25, -0.2) is 0 Å². The third-order valence-corrected chi connectivity index (χ3v) is 1.82. The predicted octanol–water partition coefficient (Wildman–Crippen LogP) is 0.442. The fourth-order valence-electron chi connectivity index (χ4n) is 0.874. The number of rotatable bonds is 5. The van der Waals surface area contributed by atoms with Crippen LogP contribution in [0.2, 0.25) is 0 Å². The molecule has 0 aromatic rings. The molecule has 1 fully saturated rings. The molecule has 0 saturated carbocycles. The summed E-state index contributed by atoms with van der Waals surface area (Å²) in [5, 5.41) is 2.57. The summed E-state index contributed by atoms with van der Waals surface area (Å²) in [5.41, 5.74) is 0.489. The van der Waals surface area contributed by atoms with Crippen LogP contribution in [0.25, 0.3) is 0 Å². The maximum atomic E-state index is 10.9. The second-order valence-corrected chi connectivity index (χ2v) is 3.08. The first kappa shape index (κ1) is 10.2. The molecule has 1 rings (SSSR count). The molecule has 0 radical (unpaired) electrons. The summed E-state index contributed by atoms with van der Waals surface area (Å²) in [6.07, 6.45) is 1.27. The number of hydrogen-bond acceptors (Lipinski definition) is 3. The van der Waals surface area contributed by atoms with Crippen LogP contribution in [0.15, 0.2) is 12.2 Å². The van der Waals surface area contributed by atoms with Gasteiger partial charge in [-0.1, -0.05) is 6.58 Å². The van der Waals surface area contributed by atoms with E-state index < -0.39 is 0 Å². The van der Waals surface area contributed by atoms with E-state index in [2.05, 4.69) is 11.9 Å². The Labute approximate surface area is 77.9 Å². The highest BCUT2D eigenvalue weighted by molar-refractivity contribution is 5.91. The van der Waals surface area contributed by atoms with Crippen LogP contribution in [0.5, 0.6) is 0 Å². The molecule has 1 heterocycles. The largest absolute Gasteiger partial charge is 0.376 e. The summed E-state index contributed by atoms with van der Waals surface area (Å²) >= 11 is 0. The van der Waals surface area contributed by atoms with Gasteiger partial charge >= 0.3 is 0 Å². The number of carbonyl (C=O) groups excluding carboxylic acids is 1. The molecule has 13 heavy (non-hydrogen) atoms. The van der Waals surface area contributed by atoms with Crippen molar-refractivity contribution in [3.63, 3.8) is 0 Å². The van der Waals surface area contributed by atoms with Gasteiger partial charge in [-0.15, -0.1) is 0 Å². The highest BCUT2D eigenvalue weighted by Crippen LogP contribution is 2.10. The topological polar surface area (TPSA) is 47.6 Å². The molecule has 0 aliphatic carbocycles. The van der Waals surface area contributed by atoms with E-state index in [-0.39, 0.29) is 18.7 Å². The minimum Gasteiger partial charge on any atom is -0.376 e. The van der Waals surface area contributed by atoms with Crippen LogP contribution in [-0.2, 0) is 14.3 Å². The smallest absolute Gasteiger partial charge is 0.248 e. The zero-order valence-electron chi connectivity index (χ0n) is 7.84. The van der Waals surface area contributed by atoms with Gasteiger partial charge in [0.25, 0.3) is 0 Å². The van der Waals surface area contributed by atoms with Gasteiger partial charge in [0.05, 0.1) is 12.7 Å². The van der Waals surface area contributed by atoms with Gasteiger partial charge in [0, 0.05) is 12.2 Å². The third-order valence-electron chi connectivity index (χ3n) is 1.82. The van der Waals surface area contributed by atoms with Gasteiger partial charge in [0.15, 0.2) is 0 Å². The number of hydrogen-bond donors (Lipinski definition) is 1. The summed E-state index contributed by atoms with van der Waals surface area (Å²) in [6, 6.07) is 0. The van der Waals surface area contributed by atoms with Crippen molar-refractivity contribution in [2.45, 2.75) is 19.4 Å². The van der Waals surface area contributed by atoms with E-state index in [1.165, 1.54) is 0 Å². The van der Waals surface area contributed by atoms with Crippen LogP contribution in [-0.4, -0.2) is 32.0 Å². The molecule has 4 nitrogen and oxygen atoms in total. The summed E-state index contributed by atoms with van der Waals surface area (Å²) < 4.78 is 10.3. The van der Waals surface area contributed by atoms with Crippen molar-refractivity contribution in [2.75, 3.05) is 19.9 Å². The Bertz CT molecular complexity index is 199. The van der Waals surface area contributed by atoms with Crippen molar-refractivity contribution in [3.8, 4) is 0 Å². The van der Waals surface area contributed by atoms with E-state index in [0.29, 0.717) is 12.2 Å². The van der Waals surface area contributed by atoms with Crippen molar-refractivity contribution in [1.82, 2.24) is 5.32 Å². The van der Waals surface area contributed by atoms with Crippen molar-refractivity contribution in [1.29, 1.82) is 0 Å². The van der Waals surface area contributed by atoms with Crippen LogP contribution in [0, 0.1) is 0 Å². The van der Waals surface area contributed by atoms with E-state index in [1.54, 1.807) is 6.92 Å². The van der Waals surface area contributed by atoms with Crippen LogP contribution < -0.4 is 5.32 Å². The molecular formula is C9H15NO3. The molecule has 1 N–H and O–H groups in total. The van der Waals surface area contributed by atoms with Gasteiger partial charge in [-0.05, 0) is 13.3 Å². The number of ether oxygens (including phenoxy) is 2. The first-order valence-electron chi connectivity index (χ1n) is 4.33. The standard InChI is InChI=1S/C9H15NO3/c1-7(2)9(11)10-6-12-5-8-3-4-13-8/h8H,1,3-6H2,2H3,(H,10,11). The third kappa shape index (κ3) is 3.57. The zero-order valence-corrected chi connectivity index (χ0v) is 7.84. The maximum Gasteiger partial charge on any atom is 0.248 e. The molecule has 1 aliphatic rings. The zero-order chi connectivity index (χ0) is 9.68. The Morgan fingerprint density at radius 1 is 1.77 bits per heavy atom. The average molecular weight is 185 g/mol. The first-order chi connectivity index (χ1) is 6.20. The van der Waals surface area contributed by atoms with E-state index >= 15 is 0 Å². The molecule has 0 bridgehead atoms. The highest BCUT2D eigenvalue weighted by atomic mass is 16.5. The van der Waals surface area contributed by atoms with Crippen LogP contribution in [0.3, 0.4) is 0 Å². The average Bonchev–Trinajstić information content (AvgIpc) is 2.00. The molecule has 0 aromatic carbocycles. The lowest BCUT2D eigenvalue weighted by Crippen LogP contribution is -2.34. The van der Waals surface area contributed by atoms with Crippen LogP contribution in [0.1, 0.15) is 13.3 Å². The monoisotopic (exact) mass is 185 g/mol. The fraction of sp³-hybridized carbons (Fsp3) is 0.667. The lowest BCUT2D eigenvalue weighted by Gasteiger charge is -2.25. The molecule has 74 valence electrons. The molecule has 1 unspecified atom stereocenters. The predicted molar refractivity (Wildman–Crippen MR) is 48.1 cm³/mol. The summed E-state index contributed by atoms with van der Waals surface area (Å²) in [4.78, 5) is 10.9. The lowest BCUT2D eigenvalue weighted by atomic mass is 10.2. The second-order valence-electron chi connectivity index (χ2n) is 3.08. The van der Waals surface area contributed by atoms with E-state index in [9.17, 15) is 4.79 Å². The number of amides is 1. The lowest BCUT2D eigenvalue weighted by molar-refractivity contribution is -0.122. The summed E-state index contributed by atoms with van der Waals surface area (Å²) in [5.74, 6) is -0.172. The Hall–Kier alpha value is -0.870. The summed E-state index contributed by atoms with van der Waals surface area (Å²) in [6.45, 7) is 6.77. The normalized spacial score (nSPS) is 20.5. The minimum atomic E-state index is -0.172. The molecule has 1 saturated heterocycles. The first-order valence-corrected chi connectivity index (χ1v) is 4.33. The summed E-state index contributed by atoms with van der Waals surface area (Å²) in [7, 11) is 0. The quantitative estimate of drug-likeness (QED) is 0.384.